The number of hydrogen-bond donors (Lipinski definition) is 1. The number of piperidine rings is 1. The zero-order valence-corrected chi connectivity index (χ0v) is 23.6. The van der Waals surface area contributed by atoms with Crippen LogP contribution in [0, 0.1) is 5.41 Å². The highest BCUT2D eigenvalue weighted by atomic mass is 16.5. The quantitative estimate of drug-likeness (QED) is 0.322. The van der Waals surface area contributed by atoms with Crippen molar-refractivity contribution in [1.82, 2.24) is 9.97 Å². The molecule has 2 aromatic heterocycles. The second-order valence-electron chi connectivity index (χ2n) is 11.8. The molecule has 1 aromatic carbocycles. The van der Waals surface area contributed by atoms with E-state index in [1.807, 2.05) is 63.2 Å². The fraction of sp³-hybridized carbons (Fsp3) is 0.406. The van der Waals surface area contributed by atoms with Crippen molar-refractivity contribution in [3.05, 3.63) is 78.3 Å². The molecule has 3 heterocycles. The van der Waals surface area contributed by atoms with Gasteiger partial charge in [0.1, 0.15) is 12.4 Å². The van der Waals surface area contributed by atoms with Gasteiger partial charge in [-0.15, -0.1) is 0 Å². The first-order chi connectivity index (χ1) is 18.5. The molecule has 1 saturated heterocycles. The van der Waals surface area contributed by atoms with Gasteiger partial charge in [0.05, 0.1) is 28.9 Å². The predicted molar refractivity (Wildman–Crippen MR) is 155 cm³/mol. The van der Waals surface area contributed by atoms with E-state index >= 15 is 0 Å². The van der Waals surface area contributed by atoms with E-state index in [0.717, 1.165) is 42.7 Å². The first kappa shape index (κ1) is 28.3. The van der Waals surface area contributed by atoms with Crippen LogP contribution >= 0.6 is 0 Å². The van der Waals surface area contributed by atoms with E-state index in [0.29, 0.717) is 29.3 Å². The first-order valence-electron chi connectivity index (χ1n) is 13.4. The van der Waals surface area contributed by atoms with Gasteiger partial charge in [-0.25, -0.2) is 4.79 Å². The first-order valence-corrected chi connectivity index (χ1v) is 13.4. The zero-order chi connectivity index (χ0) is 28.2. The van der Waals surface area contributed by atoms with Crippen molar-refractivity contribution in [2.45, 2.75) is 65.8 Å². The minimum absolute atomic E-state index is 0.217. The highest BCUT2D eigenvalue weighted by Crippen LogP contribution is 2.43. The van der Waals surface area contributed by atoms with Crippen LogP contribution in [0.15, 0.2) is 61.4 Å². The normalized spacial score (nSPS) is 16.0. The van der Waals surface area contributed by atoms with Gasteiger partial charge in [-0.2, -0.15) is 0 Å². The van der Waals surface area contributed by atoms with Gasteiger partial charge in [-0.1, -0.05) is 50.8 Å². The lowest BCUT2D eigenvalue weighted by Gasteiger charge is -2.40. The molecular formula is C32H39N3O4. The molecule has 39 heavy (non-hydrogen) atoms. The molecule has 3 aromatic rings. The van der Waals surface area contributed by atoms with Gasteiger partial charge in [0.2, 0.25) is 0 Å². The number of benzene rings is 1. The van der Waals surface area contributed by atoms with Crippen molar-refractivity contribution in [3.8, 4) is 17.0 Å². The number of aliphatic carboxylic acids is 1. The van der Waals surface area contributed by atoms with E-state index in [9.17, 15) is 9.90 Å². The van der Waals surface area contributed by atoms with E-state index in [4.69, 9.17) is 14.5 Å². The van der Waals surface area contributed by atoms with E-state index in [2.05, 4.69) is 30.3 Å². The Kier molecular flexibility index (Phi) is 8.40. The summed E-state index contributed by atoms with van der Waals surface area (Å²) >= 11 is 0. The zero-order valence-electron chi connectivity index (χ0n) is 23.6. The van der Waals surface area contributed by atoms with Gasteiger partial charge < -0.3 is 19.5 Å². The molecular weight excluding hydrogens is 490 g/mol. The monoisotopic (exact) mass is 529 g/mol. The summed E-state index contributed by atoms with van der Waals surface area (Å²) in [4.78, 5) is 24.2. The van der Waals surface area contributed by atoms with E-state index in [1.54, 1.807) is 18.5 Å². The van der Waals surface area contributed by atoms with Crippen LogP contribution in [0.5, 0.6) is 5.75 Å². The number of carboxylic acid groups (broad SMARTS) is 1. The third-order valence-corrected chi connectivity index (χ3v) is 6.96. The Morgan fingerprint density at radius 3 is 2.36 bits per heavy atom. The maximum atomic E-state index is 12.6. The van der Waals surface area contributed by atoms with Gasteiger partial charge in [0, 0.05) is 30.4 Å². The topological polar surface area (TPSA) is 84.8 Å². The Morgan fingerprint density at radius 1 is 1.10 bits per heavy atom. The van der Waals surface area contributed by atoms with Crippen LogP contribution in [-0.2, 0) is 16.1 Å². The highest BCUT2D eigenvalue weighted by molar-refractivity contribution is 5.87. The van der Waals surface area contributed by atoms with Crippen LogP contribution in [0.4, 0.5) is 5.69 Å². The number of hydrogen-bond acceptors (Lipinski definition) is 6. The number of ether oxygens (including phenoxy) is 2. The Morgan fingerprint density at radius 2 is 1.79 bits per heavy atom. The molecule has 1 N–H and O–H groups in total. The lowest BCUT2D eigenvalue weighted by Crippen LogP contribution is -2.39. The fourth-order valence-electron chi connectivity index (χ4n) is 4.77. The maximum Gasteiger partial charge on any atom is 0.337 e. The fourth-order valence-corrected chi connectivity index (χ4v) is 4.77. The molecule has 0 bridgehead atoms. The van der Waals surface area contributed by atoms with Crippen molar-refractivity contribution < 1.29 is 19.4 Å². The van der Waals surface area contributed by atoms with Crippen LogP contribution in [0.3, 0.4) is 0 Å². The molecule has 0 aliphatic carbocycles. The minimum atomic E-state index is -1.22. The number of rotatable bonds is 9. The maximum absolute atomic E-state index is 12.6. The number of carbonyl (C=O) groups is 1. The SMILES string of the molecule is C=Cc1ncc(-c2ccc(OCc3ccccc3)cn2)c(N2CCC(C)(C)CC2)c1[C@H](OC(C)(C)C)C(=O)O. The molecule has 0 amide bonds. The summed E-state index contributed by atoms with van der Waals surface area (Å²) in [7, 11) is 0. The standard InChI is InChI=1S/C32H39N3O4/c1-7-25-27(29(30(36)37)39-31(2,3)4)28(35-17-15-32(5,6)16-18-35)24(20-34-25)26-14-13-23(19-33-26)38-21-22-11-9-8-10-12-22/h7-14,19-20,29H,1,15-18,21H2,2-6H3,(H,36,37)/t29-/m0/s1. The van der Waals surface area contributed by atoms with Crippen molar-refractivity contribution in [3.63, 3.8) is 0 Å². The average Bonchev–Trinajstić information content (AvgIpc) is 2.90. The van der Waals surface area contributed by atoms with Crippen molar-refractivity contribution in [1.29, 1.82) is 0 Å². The Balaban J connectivity index is 1.78. The van der Waals surface area contributed by atoms with Crippen molar-refractivity contribution in [2.24, 2.45) is 5.41 Å². The number of anilines is 1. The van der Waals surface area contributed by atoms with Crippen LogP contribution in [0.2, 0.25) is 0 Å². The van der Waals surface area contributed by atoms with Crippen LogP contribution < -0.4 is 9.64 Å². The summed E-state index contributed by atoms with van der Waals surface area (Å²) in [6.07, 6.45) is 5.81. The average molecular weight is 530 g/mol. The molecule has 7 nitrogen and oxygen atoms in total. The number of nitrogens with zero attached hydrogens (tertiary/aromatic N) is 3. The Labute approximate surface area is 231 Å². The second kappa shape index (κ2) is 11.6. The smallest absolute Gasteiger partial charge is 0.337 e. The number of aromatic nitrogens is 2. The lowest BCUT2D eigenvalue weighted by molar-refractivity contribution is -0.160. The molecule has 0 spiro atoms. The van der Waals surface area contributed by atoms with Crippen LogP contribution in [0.25, 0.3) is 17.3 Å². The van der Waals surface area contributed by atoms with Crippen LogP contribution in [0.1, 0.15) is 70.4 Å². The molecule has 1 aliphatic rings. The van der Waals surface area contributed by atoms with Crippen molar-refractivity contribution >= 4 is 17.7 Å². The third kappa shape index (κ3) is 7.03. The Hall–Kier alpha value is -3.71. The molecule has 1 atom stereocenters. The minimum Gasteiger partial charge on any atom is -0.487 e. The summed E-state index contributed by atoms with van der Waals surface area (Å²) in [6, 6.07) is 13.7. The van der Waals surface area contributed by atoms with Crippen LogP contribution in [-0.4, -0.2) is 39.7 Å². The molecule has 0 unspecified atom stereocenters. The molecule has 0 radical (unpaired) electrons. The van der Waals surface area contributed by atoms with Crippen molar-refractivity contribution in [2.75, 3.05) is 18.0 Å². The summed E-state index contributed by atoms with van der Waals surface area (Å²) in [5.41, 5.74) is 3.85. The van der Waals surface area contributed by atoms with Gasteiger partial charge in [0.15, 0.2) is 6.10 Å². The Bertz CT molecular complexity index is 1290. The van der Waals surface area contributed by atoms with Gasteiger partial charge in [-0.05, 0) is 62.8 Å². The second-order valence-corrected chi connectivity index (χ2v) is 11.8. The summed E-state index contributed by atoms with van der Waals surface area (Å²) in [5, 5.41) is 10.3. The van der Waals surface area contributed by atoms with Gasteiger partial charge >= 0.3 is 5.97 Å². The van der Waals surface area contributed by atoms with E-state index < -0.39 is 17.7 Å². The van der Waals surface area contributed by atoms with E-state index in [1.165, 1.54) is 0 Å². The molecule has 0 saturated carbocycles. The predicted octanol–water partition coefficient (Wildman–Crippen LogP) is 6.93. The highest BCUT2D eigenvalue weighted by Gasteiger charge is 2.36. The van der Waals surface area contributed by atoms with Gasteiger partial charge in [0.25, 0.3) is 0 Å². The summed E-state index contributed by atoms with van der Waals surface area (Å²) in [6.45, 7) is 16.1. The molecule has 1 fully saturated rings. The summed E-state index contributed by atoms with van der Waals surface area (Å²) in [5.74, 6) is -0.414. The molecule has 7 heteroatoms. The van der Waals surface area contributed by atoms with Gasteiger partial charge in [-0.3, -0.25) is 9.97 Å². The lowest BCUT2D eigenvalue weighted by atomic mass is 9.82. The molecule has 206 valence electrons. The number of pyridine rings is 2. The van der Waals surface area contributed by atoms with E-state index in [-0.39, 0.29) is 5.41 Å². The largest absolute Gasteiger partial charge is 0.487 e. The summed E-state index contributed by atoms with van der Waals surface area (Å²) < 4.78 is 12.1. The third-order valence-electron chi connectivity index (χ3n) is 6.96. The number of carboxylic acids is 1. The molecule has 4 rings (SSSR count). The molecule has 1 aliphatic heterocycles.